The van der Waals surface area contributed by atoms with Crippen molar-refractivity contribution in [3.05, 3.63) is 75.0 Å². The zero-order valence-corrected chi connectivity index (χ0v) is 21.7. The van der Waals surface area contributed by atoms with Crippen LogP contribution >= 0.6 is 0 Å². The normalized spacial score (nSPS) is 16.7. The van der Waals surface area contributed by atoms with Gasteiger partial charge < -0.3 is 8.92 Å². The van der Waals surface area contributed by atoms with Crippen molar-refractivity contribution in [3.8, 4) is 5.88 Å². The van der Waals surface area contributed by atoms with Crippen LogP contribution < -0.4 is 4.18 Å². The monoisotopic (exact) mass is 549 g/mol. The standard InChI is InChI=1S/C23H23N3O9S2/c1-4-25-23(35-37(32,33)16-7-5-15(6-8-16)26(28)29)18(13-24-25)22(27)17-9-10-20-21(14(17)2)19(34-3)11-12-36(20,30)31/h5-10,13,19H,4,11-12H2,1-3H3. The number of nitrogens with zero attached hydrogens (tertiary/aromatic N) is 3. The number of rotatable bonds is 8. The minimum Gasteiger partial charge on any atom is -0.377 e. The van der Waals surface area contributed by atoms with Crippen molar-refractivity contribution in [3.63, 3.8) is 0 Å². The number of ketones is 1. The average molecular weight is 550 g/mol. The molecule has 0 fully saturated rings. The Hall–Kier alpha value is -3.62. The van der Waals surface area contributed by atoms with Gasteiger partial charge in [-0.3, -0.25) is 14.9 Å². The number of non-ortho nitro benzene ring substituents is 1. The topological polar surface area (TPSA) is 165 Å². The number of methoxy groups -OCH3 is 1. The molecule has 1 aliphatic heterocycles. The van der Waals surface area contributed by atoms with Crippen LogP contribution in [0.2, 0.25) is 0 Å². The number of sulfone groups is 1. The summed E-state index contributed by atoms with van der Waals surface area (Å²) in [4.78, 5) is 23.6. The Kier molecular flexibility index (Phi) is 6.92. The SMILES string of the molecule is CCn1ncc(C(=O)c2ccc3c(c2C)C(OC)CCS3(=O)=O)c1OS(=O)(=O)c1ccc([N+](=O)[O-])cc1. The van der Waals surface area contributed by atoms with Gasteiger partial charge in [0.1, 0.15) is 10.5 Å². The molecular formula is C23H23N3O9S2. The van der Waals surface area contributed by atoms with Crippen molar-refractivity contribution in [1.82, 2.24) is 9.78 Å². The summed E-state index contributed by atoms with van der Waals surface area (Å²) in [5, 5.41) is 14.9. The lowest BCUT2D eigenvalue weighted by atomic mass is 9.93. The molecule has 2 heterocycles. The fourth-order valence-corrected chi connectivity index (χ4v) is 6.84. The Labute approximate surface area is 213 Å². The Morgan fingerprint density at radius 2 is 1.86 bits per heavy atom. The second kappa shape index (κ2) is 9.68. The van der Waals surface area contributed by atoms with Crippen molar-refractivity contribution < 1.29 is 35.5 Å². The van der Waals surface area contributed by atoms with E-state index in [0.29, 0.717) is 11.1 Å². The van der Waals surface area contributed by atoms with Gasteiger partial charge in [0, 0.05) is 36.9 Å². The smallest absolute Gasteiger partial charge is 0.340 e. The van der Waals surface area contributed by atoms with Crippen molar-refractivity contribution in [2.24, 2.45) is 0 Å². The van der Waals surface area contributed by atoms with E-state index < -0.39 is 36.8 Å². The molecule has 0 radical (unpaired) electrons. The Morgan fingerprint density at radius 3 is 2.46 bits per heavy atom. The molecule has 0 saturated heterocycles. The first-order valence-corrected chi connectivity index (χ1v) is 14.2. The van der Waals surface area contributed by atoms with Gasteiger partial charge in [-0.05, 0) is 50.1 Å². The maximum atomic E-state index is 13.6. The first-order chi connectivity index (χ1) is 17.4. The van der Waals surface area contributed by atoms with Gasteiger partial charge in [0.25, 0.3) is 5.69 Å². The van der Waals surface area contributed by atoms with Gasteiger partial charge >= 0.3 is 10.1 Å². The summed E-state index contributed by atoms with van der Waals surface area (Å²) >= 11 is 0. The third kappa shape index (κ3) is 4.74. The Balaban J connectivity index is 1.77. The lowest BCUT2D eigenvalue weighted by Gasteiger charge is -2.27. The molecule has 0 spiro atoms. The fourth-order valence-electron chi connectivity index (χ4n) is 4.25. The van der Waals surface area contributed by atoms with Gasteiger partial charge in [0.15, 0.2) is 15.6 Å². The molecule has 12 nitrogen and oxygen atoms in total. The van der Waals surface area contributed by atoms with Crippen LogP contribution in [0.3, 0.4) is 0 Å². The maximum absolute atomic E-state index is 13.6. The molecule has 0 N–H and O–H groups in total. The fraction of sp³-hybridized carbons (Fsp3) is 0.304. The molecule has 1 atom stereocenters. The molecule has 0 aliphatic carbocycles. The average Bonchev–Trinajstić information content (AvgIpc) is 3.26. The van der Waals surface area contributed by atoms with E-state index in [1.54, 1.807) is 13.8 Å². The van der Waals surface area contributed by atoms with Gasteiger partial charge in [0.05, 0.1) is 27.9 Å². The van der Waals surface area contributed by atoms with E-state index in [0.717, 1.165) is 24.3 Å². The minimum absolute atomic E-state index is 0.0764. The molecule has 37 heavy (non-hydrogen) atoms. The van der Waals surface area contributed by atoms with Crippen molar-refractivity contribution in [2.75, 3.05) is 12.9 Å². The van der Waals surface area contributed by atoms with Gasteiger partial charge in [-0.1, -0.05) is 0 Å². The van der Waals surface area contributed by atoms with Crippen LogP contribution in [-0.2, 0) is 31.2 Å². The van der Waals surface area contributed by atoms with E-state index in [9.17, 15) is 31.7 Å². The number of fused-ring (bicyclic) bond motifs is 1. The number of carbonyl (C=O) groups excluding carboxylic acids is 1. The molecule has 2 aromatic carbocycles. The Morgan fingerprint density at radius 1 is 1.19 bits per heavy atom. The lowest BCUT2D eigenvalue weighted by molar-refractivity contribution is -0.384. The number of carbonyl (C=O) groups is 1. The molecule has 14 heteroatoms. The van der Waals surface area contributed by atoms with E-state index in [2.05, 4.69) is 5.10 Å². The highest BCUT2D eigenvalue weighted by Crippen LogP contribution is 2.38. The summed E-state index contributed by atoms with van der Waals surface area (Å²) in [6.45, 7) is 3.45. The number of ether oxygens (including phenoxy) is 1. The van der Waals surface area contributed by atoms with Gasteiger partial charge in [-0.15, -0.1) is 0 Å². The molecule has 0 bridgehead atoms. The summed E-state index contributed by atoms with van der Waals surface area (Å²) in [6, 6.07) is 6.84. The summed E-state index contributed by atoms with van der Waals surface area (Å²) in [5.41, 5.74) is 0.483. The molecule has 0 saturated carbocycles. The van der Waals surface area contributed by atoms with Gasteiger partial charge in [-0.2, -0.15) is 13.5 Å². The molecule has 3 aromatic rings. The van der Waals surface area contributed by atoms with Gasteiger partial charge in [-0.25, -0.2) is 13.1 Å². The van der Waals surface area contributed by atoms with E-state index in [-0.39, 0.29) is 51.2 Å². The van der Waals surface area contributed by atoms with Crippen LogP contribution in [0.1, 0.15) is 46.5 Å². The van der Waals surface area contributed by atoms with E-state index >= 15 is 0 Å². The second-order valence-corrected chi connectivity index (χ2v) is 11.9. The molecule has 1 unspecified atom stereocenters. The molecule has 1 aromatic heterocycles. The summed E-state index contributed by atoms with van der Waals surface area (Å²) in [5.74, 6) is -1.03. The third-order valence-electron chi connectivity index (χ3n) is 6.17. The van der Waals surface area contributed by atoms with E-state index in [1.807, 2.05) is 0 Å². The number of nitro groups is 1. The number of nitro benzene ring substituents is 1. The predicted octanol–water partition coefficient (Wildman–Crippen LogP) is 2.98. The van der Waals surface area contributed by atoms with Crippen LogP contribution in [0.15, 0.2) is 52.4 Å². The minimum atomic E-state index is -4.48. The summed E-state index contributed by atoms with van der Waals surface area (Å²) < 4.78 is 63.1. The van der Waals surface area contributed by atoms with Crippen LogP contribution in [0.5, 0.6) is 5.88 Å². The summed E-state index contributed by atoms with van der Waals surface area (Å²) in [6.07, 6.45) is 0.887. The molecule has 4 rings (SSSR count). The largest absolute Gasteiger partial charge is 0.377 e. The first-order valence-electron chi connectivity index (χ1n) is 11.1. The first kappa shape index (κ1) is 26.4. The predicted molar refractivity (Wildman–Crippen MR) is 130 cm³/mol. The quantitative estimate of drug-likeness (QED) is 0.176. The zero-order chi connectivity index (χ0) is 27.1. The van der Waals surface area contributed by atoms with Gasteiger partial charge in [0.2, 0.25) is 5.88 Å². The second-order valence-electron chi connectivity index (χ2n) is 8.28. The van der Waals surface area contributed by atoms with Crippen LogP contribution in [-0.4, -0.2) is 50.2 Å². The van der Waals surface area contributed by atoms with Crippen LogP contribution in [0.4, 0.5) is 5.69 Å². The van der Waals surface area contributed by atoms with Crippen molar-refractivity contribution >= 4 is 31.4 Å². The molecule has 0 amide bonds. The summed E-state index contributed by atoms with van der Waals surface area (Å²) in [7, 11) is -6.56. The highest BCUT2D eigenvalue weighted by atomic mass is 32.2. The number of aromatic nitrogens is 2. The highest BCUT2D eigenvalue weighted by Gasteiger charge is 2.34. The maximum Gasteiger partial charge on any atom is 0.340 e. The number of benzene rings is 2. The zero-order valence-electron chi connectivity index (χ0n) is 20.1. The lowest BCUT2D eigenvalue weighted by Crippen LogP contribution is -2.23. The molecule has 1 aliphatic rings. The number of aryl methyl sites for hydroxylation is 1. The van der Waals surface area contributed by atoms with Crippen molar-refractivity contribution in [1.29, 1.82) is 0 Å². The number of hydrogen-bond acceptors (Lipinski definition) is 10. The van der Waals surface area contributed by atoms with Crippen molar-refractivity contribution in [2.45, 2.75) is 42.7 Å². The number of hydrogen-bond donors (Lipinski definition) is 0. The van der Waals surface area contributed by atoms with E-state index in [1.165, 1.54) is 30.1 Å². The van der Waals surface area contributed by atoms with Crippen LogP contribution in [0, 0.1) is 17.0 Å². The molecular weight excluding hydrogens is 526 g/mol. The third-order valence-corrected chi connectivity index (χ3v) is 9.20. The molecule has 196 valence electrons. The van der Waals surface area contributed by atoms with E-state index in [4.69, 9.17) is 8.92 Å². The Bertz CT molecular complexity index is 1610. The highest BCUT2D eigenvalue weighted by molar-refractivity contribution is 7.91. The van der Waals surface area contributed by atoms with Crippen LogP contribution in [0.25, 0.3) is 0 Å².